The standard InChI is InChI=1S/C15H22N2O3/c18-6-5-17-9-11-3-4-12(10-17)14(11)15(19)16-8-13-2-1-7-20-13/h1-2,7,11-12,14,18H,3-6,8-10H2,(H,16,19). The second kappa shape index (κ2) is 5.97. The summed E-state index contributed by atoms with van der Waals surface area (Å²) in [4.78, 5) is 14.7. The van der Waals surface area contributed by atoms with Crippen molar-refractivity contribution in [3.8, 4) is 0 Å². The maximum Gasteiger partial charge on any atom is 0.224 e. The van der Waals surface area contributed by atoms with Crippen molar-refractivity contribution in [1.82, 2.24) is 10.2 Å². The van der Waals surface area contributed by atoms with Crippen LogP contribution in [-0.4, -0.2) is 42.2 Å². The molecular formula is C15H22N2O3. The number of hydrogen-bond acceptors (Lipinski definition) is 4. The maximum absolute atomic E-state index is 12.4. The van der Waals surface area contributed by atoms with Crippen LogP contribution in [0.15, 0.2) is 22.8 Å². The zero-order valence-electron chi connectivity index (χ0n) is 11.6. The van der Waals surface area contributed by atoms with E-state index in [2.05, 4.69) is 10.2 Å². The van der Waals surface area contributed by atoms with Crippen LogP contribution in [0.25, 0.3) is 0 Å². The first kappa shape index (κ1) is 13.6. The van der Waals surface area contributed by atoms with E-state index in [0.29, 0.717) is 18.4 Å². The van der Waals surface area contributed by atoms with Gasteiger partial charge in [0.15, 0.2) is 0 Å². The van der Waals surface area contributed by atoms with Crippen LogP contribution in [0.5, 0.6) is 0 Å². The molecule has 1 saturated heterocycles. The predicted octanol–water partition coefficient (Wildman–Crippen LogP) is 0.846. The van der Waals surface area contributed by atoms with Crippen LogP contribution < -0.4 is 5.32 Å². The van der Waals surface area contributed by atoms with E-state index in [4.69, 9.17) is 9.52 Å². The van der Waals surface area contributed by atoms with E-state index in [0.717, 1.165) is 38.2 Å². The van der Waals surface area contributed by atoms with Crippen molar-refractivity contribution in [3.63, 3.8) is 0 Å². The molecule has 2 unspecified atom stereocenters. The molecular weight excluding hydrogens is 256 g/mol. The highest BCUT2D eigenvalue weighted by molar-refractivity contribution is 5.79. The molecule has 1 aliphatic heterocycles. The Morgan fingerprint density at radius 3 is 2.75 bits per heavy atom. The number of β-amino-alcohol motifs (C(OH)–C–C–N with tert-alkyl or cyclic N) is 1. The molecule has 0 aromatic carbocycles. The number of rotatable bonds is 5. The fourth-order valence-electron chi connectivity index (χ4n) is 3.78. The van der Waals surface area contributed by atoms with Crippen molar-refractivity contribution in [2.24, 2.45) is 17.8 Å². The van der Waals surface area contributed by atoms with Crippen LogP contribution in [0.1, 0.15) is 18.6 Å². The smallest absolute Gasteiger partial charge is 0.224 e. The van der Waals surface area contributed by atoms with Gasteiger partial charge in [-0.15, -0.1) is 0 Å². The van der Waals surface area contributed by atoms with Gasteiger partial charge in [0.2, 0.25) is 5.91 Å². The summed E-state index contributed by atoms with van der Waals surface area (Å²) >= 11 is 0. The second-order valence-electron chi connectivity index (χ2n) is 5.90. The summed E-state index contributed by atoms with van der Waals surface area (Å²) < 4.78 is 5.24. The van der Waals surface area contributed by atoms with Crippen LogP contribution in [0.3, 0.4) is 0 Å². The lowest BCUT2D eigenvalue weighted by atomic mass is 9.84. The summed E-state index contributed by atoms with van der Waals surface area (Å²) in [7, 11) is 0. The molecule has 110 valence electrons. The Morgan fingerprint density at radius 2 is 2.15 bits per heavy atom. The number of aliphatic hydroxyl groups excluding tert-OH is 1. The van der Waals surface area contributed by atoms with Gasteiger partial charge in [0, 0.05) is 25.6 Å². The van der Waals surface area contributed by atoms with Gasteiger partial charge in [-0.05, 0) is 36.8 Å². The van der Waals surface area contributed by atoms with Gasteiger partial charge >= 0.3 is 0 Å². The van der Waals surface area contributed by atoms with Crippen LogP contribution in [-0.2, 0) is 11.3 Å². The van der Waals surface area contributed by atoms with Crippen molar-refractivity contribution in [2.75, 3.05) is 26.2 Å². The quantitative estimate of drug-likeness (QED) is 0.838. The van der Waals surface area contributed by atoms with E-state index in [-0.39, 0.29) is 18.4 Å². The summed E-state index contributed by atoms with van der Waals surface area (Å²) in [6, 6.07) is 3.71. The summed E-state index contributed by atoms with van der Waals surface area (Å²) in [6.45, 7) is 3.29. The van der Waals surface area contributed by atoms with E-state index in [1.807, 2.05) is 12.1 Å². The molecule has 2 atom stereocenters. The Bertz CT molecular complexity index is 432. The van der Waals surface area contributed by atoms with E-state index < -0.39 is 0 Å². The van der Waals surface area contributed by atoms with Gasteiger partial charge in [0.25, 0.3) is 0 Å². The van der Waals surface area contributed by atoms with Crippen LogP contribution in [0, 0.1) is 17.8 Å². The second-order valence-corrected chi connectivity index (χ2v) is 5.90. The predicted molar refractivity (Wildman–Crippen MR) is 73.8 cm³/mol. The number of fused-ring (bicyclic) bond motifs is 2. The Labute approximate surface area is 118 Å². The molecule has 0 spiro atoms. The first-order valence-corrected chi connectivity index (χ1v) is 7.41. The number of hydrogen-bond donors (Lipinski definition) is 2. The zero-order valence-corrected chi connectivity index (χ0v) is 11.6. The molecule has 1 amide bonds. The number of carbonyl (C=O) groups is 1. The summed E-state index contributed by atoms with van der Waals surface area (Å²) in [5, 5.41) is 12.0. The highest BCUT2D eigenvalue weighted by Crippen LogP contribution is 2.41. The summed E-state index contributed by atoms with van der Waals surface area (Å²) in [5.74, 6) is 1.98. The average Bonchev–Trinajstić information content (AvgIpc) is 3.04. The van der Waals surface area contributed by atoms with Crippen molar-refractivity contribution >= 4 is 5.91 Å². The number of nitrogens with one attached hydrogen (secondary N) is 1. The van der Waals surface area contributed by atoms with Crippen molar-refractivity contribution in [2.45, 2.75) is 19.4 Å². The lowest BCUT2D eigenvalue weighted by Gasteiger charge is -2.36. The topological polar surface area (TPSA) is 65.7 Å². The van der Waals surface area contributed by atoms with Crippen LogP contribution >= 0.6 is 0 Å². The van der Waals surface area contributed by atoms with E-state index in [1.54, 1.807) is 6.26 Å². The fourth-order valence-corrected chi connectivity index (χ4v) is 3.78. The Kier molecular flexibility index (Phi) is 4.08. The normalized spacial score (nSPS) is 29.6. The molecule has 1 aromatic rings. The van der Waals surface area contributed by atoms with Gasteiger partial charge in [0.05, 0.1) is 19.4 Å². The number of aliphatic hydroxyl groups is 1. The van der Waals surface area contributed by atoms with Gasteiger partial charge in [0.1, 0.15) is 5.76 Å². The first-order valence-electron chi connectivity index (χ1n) is 7.41. The minimum absolute atomic E-state index is 0.139. The molecule has 0 radical (unpaired) electrons. The monoisotopic (exact) mass is 278 g/mol. The molecule has 1 saturated carbocycles. The third-order valence-corrected chi connectivity index (χ3v) is 4.65. The third-order valence-electron chi connectivity index (χ3n) is 4.65. The molecule has 1 aliphatic carbocycles. The molecule has 5 heteroatoms. The molecule has 3 rings (SSSR count). The first-order chi connectivity index (χ1) is 9.78. The molecule has 2 fully saturated rings. The van der Waals surface area contributed by atoms with Gasteiger partial charge in [-0.25, -0.2) is 0 Å². The molecule has 2 aliphatic rings. The molecule has 2 heterocycles. The van der Waals surface area contributed by atoms with Gasteiger partial charge in [-0.1, -0.05) is 0 Å². The minimum Gasteiger partial charge on any atom is -0.467 e. The average molecular weight is 278 g/mol. The van der Waals surface area contributed by atoms with Crippen LogP contribution in [0.4, 0.5) is 0 Å². The largest absolute Gasteiger partial charge is 0.467 e. The highest BCUT2D eigenvalue weighted by Gasteiger charge is 2.45. The summed E-state index contributed by atoms with van der Waals surface area (Å²) in [6.07, 6.45) is 3.88. The fraction of sp³-hybridized carbons (Fsp3) is 0.667. The Balaban J connectivity index is 1.56. The van der Waals surface area contributed by atoms with Gasteiger partial charge in [-0.3, -0.25) is 4.79 Å². The zero-order chi connectivity index (χ0) is 13.9. The molecule has 2 bridgehead atoms. The lowest BCUT2D eigenvalue weighted by molar-refractivity contribution is -0.129. The number of amides is 1. The maximum atomic E-state index is 12.4. The van der Waals surface area contributed by atoms with Crippen molar-refractivity contribution < 1.29 is 14.3 Å². The SMILES string of the molecule is O=C(NCc1ccco1)C1C2CCC1CN(CCO)C2. The highest BCUT2D eigenvalue weighted by atomic mass is 16.3. The number of likely N-dealkylation sites (tertiary alicyclic amines) is 1. The third kappa shape index (κ3) is 2.74. The van der Waals surface area contributed by atoms with E-state index in [9.17, 15) is 4.79 Å². The Morgan fingerprint density at radius 1 is 1.40 bits per heavy atom. The minimum atomic E-state index is 0.139. The van der Waals surface area contributed by atoms with Crippen molar-refractivity contribution in [1.29, 1.82) is 0 Å². The number of furan rings is 1. The number of carbonyl (C=O) groups excluding carboxylic acids is 1. The van der Waals surface area contributed by atoms with E-state index in [1.165, 1.54) is 0 Å². The summed E-state index contributed by atoms with van der Waals surface area (Å²) in [5.41, 5.74) is 0. The molecule has 2 N–H and O–H groups in total. The van der Waals surface area contributed by atoms with Gasteiger partial charge in [-0.2, -0.15) is 0 Å². The number of piperidine rings is 1. The van der Waals surface area contributed by atoms with Gasteiger partial charge < -0.3 is 19.7 Å². The lowest BCUT2D eigenvalue weighted by Crippen LogP contribution is -2.48. The molecule has 5 nitrogen and oxygen atoms in total. The van der Waals surface area contributed by atoms with Crippen LogP contribution in [0.2, 0.25) is 0 Å². The van der Waals surface area contributed by atoms with Crippen molar-refractivity contribution in [3.05, 3.63) is 24.2 Å². The molecule has 1 aromatic heterocycles. The Hall–Kier alpha value is -1.33. The number of nitrogens with zero attached hydrogens (tertiary/aromatic N) is 1. The van der Waals surface area contributed by atoms with E-state index >= 15 is 0 Å². The molecule has 20 heavy (non-hydrogen) atoms.